The Kier molecular flexibility index (Phi) is 5.40. The van der Waals surface area contributed by atoms with Crippen molar-refractivity contribution in [2.24, 2.45) is 5.92 Å². The predicted molar refractivity (Wildman–Crippen MR) is 69.2 cm³/mol. The number of hydrogen-bond donors (Lipinski definition) is 1. The van der Waals surface area contributed by atoms with E-state index in [1.165, 1.54) is 6.42 Å². The summed E-state index contributed by atoms with van der Waals surface area (Å²) < 4.78 is 0. The van der Waals surface area contributed by atoms with Crippen LogP contribution in [0.1, 0.15) is 34.1 Å². The van der Waals surface area contributed by atoms with Crippen molar-refractivity contribution in [2.45, 2.75) is 46.2 Å². The van der Waals surface area contributed by atoms with Crippen molar-refractivity contribution < 1.29 is 9.90 Å². The molecular weight excluding hydrogens is 216 g/mol. The highest BCUT2D eigenvalue weighted by Gasteiger charge is 2.32. The average Bonchev–Trinajstić information content (AvgIpc) is 2.78. The molecule has 3 atom stereocenters. The van der Waals surface area contributed by atoms with Gasteiger partial charge in [0.1, 0.15) is 0 Å². The Morgan fingerprint density at radius 1 is 1.41 bits per heavy atom. The molecule has 17 heavy (non-hydrogen) atoms. The third kappa shape index (κ3) is 3.42. The molecule has 0 saturated carbocycles. The lowest BCUT2D eigenvalue weighted by Gasteiger charge is -2.30. The van der Waals surface area contributed by atoms with Crippen molar-refractivity contribution in [3.63, 3.8) is 0 Å². The van der Waals surface area contributed by atoms with Gasteiger partial charge in [0.15, 0.2) is 0 Å². The Bertz CT molecular complexity index is 254. The number of aliphatic carboxylic acids is 1. The maximum Gasteiger partial charge on any atom is 0.307 e. The minimum Gasteiger partial charge on any atom is -0.481 e. The maximum atomic E-state index is 11.0. The highest BCUT2D eigenvalue weighted by molar-refractivity contribution is 5.70. The first-order chi connectivity index (χ1) is 8.01. The van der Waals surface area contributed by atoms with E-state index in [0.29, 0.717) is 6.04 Å². The summed E-state index contributed by atoms with van der Waals surface area (Å²) in [6.45, 7) is 12.4. The molecule has 1 aliphatic heterocycles. The lowest BCUT2D eigenvalue weighted by atomic mass is 10.0. The van der Waals surface area contributed by atoms with Gasteiger partial charge in [0.05, 0.1) is 5.92 Å². The van der Waals surface area contributed by atoms with Crippen LogP contribution in [0.3, 0.4) is 0 Å². The molecular formula is C13H26N2O2. The molecule has 0 bridgehead atoms. The summed E-state index contributed by atoms with van der Waals surface area (Å²) in [5, 5.41) is 9.04. The number of rotatable bonds is 6. The van der Waals surface area contributed by atoms with E-state index in [2.05, 4.69) is 23.6 Å². The number of carboxylic acid groups (broad SMARTS) is 1. The first-order valence-electron chi connectivity index (χ1n) is 6.72. The minimum atomic E-state index is -0.691. The number of carbonyl (C=O) groups is 1. The van der Waals surface area contributed by atoms with Crippen molar-refractivity contribution in [3.05, 3.63) is 0 Å². The van der Waals surface area contributed by atoms with E-state index in [0.717, 1.165) is 26.2 Å². The second-order valence-electron chi connectivity index (χ2n) is 5.03. The second kappa shape index (κ2) is 6.36. The van der Waals surface area contributed by atoms with Crippen molar-refractivity contribution in [3.8, 4) is 0 Å². The maximum absolute atomic E-state index is 11.0. The Morgan fingerprint density at radius 3 is 2.47 bits per heavy atom. The molecule has 1 heterocycles. The lowest BCUT2D eigenvalue weighted by molar-refractivity contribution is -0.143. The van der Waals surface area contributed by atoms with Gasteiger partial charge in [-0.05, 0) is 26.4 Å². The van der Waals surface area contributed by atoms with Gasteiger partial charge in [0.2, 0.25) is 0 Å². The second-order valence-corrected chi connectivity index (χ2v) is 5.03. The molecule has 3 unspecified atom stereocenters. The Labute approximate surface area is 105 Å². The van der Waals surface area contributed by atoms with Gasteiger partial charge in [0, 0.05) is 25.2 Å². The van der Waals surface area contributed by atoms with Crippen LogP contribution in [0.5, 0.6) is 0 Å². The van der Waals surface area contributed by atoms with Crippen molar-refractivity contribution >= 4 is 5.97 Å². The van der Waals surface area contributed by atoms with Crippen molar-refractivity contribution in [1.29, 1.82) is 0 Å². The van der Waals surface area contributed by atoms with Crippen LogP contribution in [0, 0.1) is 5.92 Å². The van der Waals surface area contributed by atoms with Gasteiger partial charge in [0.25, 0.3) is 0 Å². The summed E-state index contributed by atoms with van der Waals surface area (Å²) >= 11 is 0. The van der Waals surface area contributed by atoms with E-state index >= 15 is 0 Å². The highest BCUT2D eigenvalue weighted by Crippen LogP contribution is 2.21. The van der Waals surface area contributed by atoms with E-state index in [1.807, 2.05) is 6.92 Å². The molecule has 100 valence electrons. The summed E-state index contributed by atoms with van der Waals surface area (Å²) in [7, 11) is 0. The smallest absolute Gasteiger partial charge is 0.307 e. The lowest BCUT2D eigenvalue weighted by Crippen LogP contribution is -2.42. The van der Waals surface area contributed by atoms with E-state index < -0.39 is 5.97 Å². The molecule has 0 spiro atoms. The van der Waals surface area contributed by atoms with E-state index in [1.54, 1.807) is 6.92 Å². The minimum absolute atomic E-state index is 0.132. The third-order valence-electron chi connectivity index (χ3n) is 4.21. The quantitative estimate of drug-likeness (QED) is 0.767. The zero-order valence-electron chi connectivity index (χ0n) is 11.5. The van der Waals surface area contributed by atoms with Gasteiger partial charge in [-0.1, -0.05) is 20.8 Å². The van der Waals surface area contributed by atoms with Crippen molar-refractivity contribution in [1.82, 2.24) is 9.80 Å². The van der Waals surface area contributed by atoms with Gasteiger partial charge >= 0.3 is 5.97 Å². The number of likely N-dealkylation sites (N-methyl/N-ethyl adjacent to an activating group) is 1. The fourth-order valence-corrected chi connectivity index (χ4v) is 2.70. The topological polar surface area (TPSA) is 43.8 Å². The van der Waals surface area contributed by atoms with Gasteiger partial charge in [-0.2, -0.15) is 0 Å². The molecule has 0 amide bonds. The molecule has 1 saturated heterocycles. The Hall–Kier alpha value is -0.610. The summed E-state index contributed by atoms with van der Waals surface area (Å²) in [6.07, 6.45) is 1.17. The van der Waals surface area contributed by atoms with Crippen LogP contribution in [0.2, 0.25) is 0 Å². The molecule has 0 aromatic rings. The van der Waals surface area contributed by atoms with Gasteiger partial charge in [-0.3, -0.25) is 14.6 Å². The molecule has 1 fully saturated rings. The molecule has 4 heteroatoms. The molecule has 1 rings (SSSR count). The fourth-order valence-electron chi connectivity index (χ4n) is 2.70. The van der Waals surface area contributed by atoms with Crippen LogP contribution in [0.15, 0.2) is 0 Å². The summed E-state index contributed by atoms with van der Waals surface area (Å²) in [4.78, 5) is 15.8. The number of carboxylic acids is 1. The largest absolute Gasteiger partial charge is 0.481 e. The van der Waals surface area contributed by atoms with Gasteiger partial charge in [-0.25, -0.2) is 0 Å². The zero-order chi connectivity index (χ0) is 13.0. The number of hydrogen-bond acceptors (Lipinski definition) is 3. The summed E-state index contributed by atoms with van der Waals surface area (Å²) in [5.74, 6) is -0.978. The van der Waals surface area contributed by atoms with E-state index in [4.69, 9.17) is 5.11 Å². The normalized spacial score (nSPS) is 25.1. The first-order valence-corrected chi connectivity index (χ1v) is 6.72. The summed E-state index contributed by atoms with van der Waals surface area (Å²) in [6, 6.07) is 0.738. The molecule has 1 aliphatic rings. The van der Waals surface area contributed by atoms with Crippen LogP contribution in [-0.2, 0) is 4.79 Å². The predicted octanol–water partition coefficient (Wildman–Crippen LogP) is 1.51. The Morgan fingerprint density at radius 2 is 2.00 bits per heavy atom. The fraction of sp³-hybridized carbons (Fsp3) is 0.923. The van der Waals surface area contributed by atoms with Crippen LogP contribution < -0.4 is 0 Å². The SMILES string of the molecule is CCN(CC)C1CCN(C(C)C(C)C(=O)O)C1. The molecule has 0 radical (unpaired) electrons. The van der Waals surface area contributed by atoms with Gasteiger partial charge < -0.3 is 5.11 Å². The Balaban J connectivity index is 2.52. The molecule has 0 aromatic carbocycles. The first kappa shape index (κ1) is 14.5. The zero-order valence-corrected chi connectivity index (χ0v) is 11.5. The molecule has 0 aliphatic carbocycles. The number of nitrogens with zero attached hydrogens (tertiary/aromatic N) is 2. The van der Waals surface area contributed by atoms with Crippen LogP contribution >= 0.6 is 0 Å². The highest BCUT2D eigenvalue weighted by atomic mass is 16.4. The summed E-state index contributed by atoms with van der Waals surface area (Å²) in [5.41, 5.74) is 0. The van der Waals surface area contributed by atoms with Crippen LogP contribution in [0.4, 0.5) is 0 Å². The van der Waals surface area contributed by atoms with E-state index in [-0.39, 0.29) is 12.0 Å². The van der Waals surface area contributed by atoms with Crippen LogP contribution in [0.25, 0.3) is 0 Å². The van der Waals surface area contributed by atoms with Crippen molar-refractivity contribution in [2.75, 3.05) is 26.2 Å². The average molecular weight is 242 g/mol. The van der Waals surface area contributed by atoms with Crippen LogP contribution in [-0.4, -0.2) is 59.1 Å². The monoisotopic (exact) mass is 242 g/mol. The number of likely N-dealkylation sites (tertiary alicyclic amines) is 1. The van der Waals surface area contributed by atoms with E-state index in [9.17, 15) is 4.79 Å². The molecule has 0 aromatic heterocycles. The third-order valence-corrected chi connectivity index (χ3v) is 4.21. The molecule has 4 nitrogen and oxygen atoms in total. The standard InChI is InChI=1S/C13H26N2O2/c1-5-14(6-2)12-7-8-15(9-12)11(4)10(3)13(16)17/h10-12H,5-9H2,1-4H3,(H,16,17). The molecule has 1 N–H and O–H groups in total. The van der Waals surface area contributed by atoms with Gasteiger partial charge in [-0.15, -0.1) is 0 Å².